The van der Waals surface area contributed by atoms with E-state index in [1.54, 1.807) is 0 Å². The Morgan fingerprint density at radius 1 is 0.680 bits per heavy atom. The average molecular weight is 732 g/mol. The number of amides is 1. The number of carbonyl (C=O) groups excluding carboxylic acids is 1. The maximum atomic E-state index is 12.7. The molecule has 292 valence electrons. The van der Waals surface area contributed by atoms with E-state index in [1.807, 2.05) is 0 Å². The number of nitrogens with one attached hydrogen (secondary N) is 1. The largest absolute Gasteiger partial charge is 0.394 e. The molecule has 1 aliphatic carbocycles. The summed E-state index contributed by atoms with van der Waals surface area (Å²) in [6.45, 7) is -1.66. The first-order chi connectivity index (χ1) is 23.6. The van der Waals surface area contributed by atoms with Gasteiger partial charge in [-0.2, -0.15) is 0 Å². The smallest absolute Gasteiger partial charge is 0.251 e. The Hall–Kier alpha value is -1.37. The molecule has 0 unspecified atom stereocenters. The van der Waals surface area contributed by atoms with E-state index in [1.165, 1.54) is 0 Å². The fourth-order valence-corrected chi connectivity index (χ4v) is 6.42. The van der Waals surface area contributed by atoms with Crippen LogP contribution in [0.2, 0.25) is 0 Å². The van der Waals surface area contributed by atoms with Gasteiger partial charge in [0.05, 0.1) is 24.7 Å². The highest BCUT2D eigenvalue weighted by Gasteiger charge is 2.55. The monoisotopic (exact) mass is 731 g/mol. The van der Waals surface area contributed by atoms with Gasteiger partial charge in [0, 0.05) is 25.7 Å². The molecule has 0 bridgehead atoms. The van der Waals surface area contributed by atoms with Crippen LogP contribution in [-0.2, 0) is 33.2 Å². The van der Waals surface area contributed by atoms with Crippen molar-refractivity contribution in [1.82, 2.24) is 5.32 Å². The predicted octanol–water partition coefficient (Wildman–Crippen LogP) is -11.1. The summed E-state index contributed by atoms with van der Waals surface area (Å²) in [5, 5.41) is 96.7. The number of carbonyl (C=O) groups is 1. The zero-order valence-corrected chi connectivity index (χ0v) is 27.0. The summed E-state index contributed by atoms with van der Waals surface area (Å²) in [7, 11) is 0. The molecule has 4 aliphatic rings. The Morgan fingerprint density at radius 3 is 1.64 bits per heavy atom. The number of rotatable bonds is 13. The van der Waals surface area contributed by atoms with Crippen LogP contribution in [0.3, 0.4) is 0 Å². The van der Waals surface area contributed by atoms with Crippen molar-refractivity contribution in [2.75, 3.05) is 26.2 Å². The molecule has 4 fully saturated rings. The zero-order chi connectivity index (χ0) is 37.2. The highest BCUT2D eigenvalue weighted by atomic mass is 16.8. The van der Waals surface area contributed by atoms with Crippen LogP contribution in [0.25, 0.3) is 0 Å². The van der Waals surface area contributed by atoms with Crippen LogP contribution in [0.1, 0.15) is 6.42 Å². The summed E-state index contributed by atoms with van der Waals surface area (Å²) in [4.78, 5) is 12.7. The first-order valence-corrected chi connectivity index (χ1v) is 16.2. The van der Waals surface area contributed by atoms with E-state index >= 15 is 0 Å². The average Bonchev–Trinajstić information content (AvgIpc) is 3.40. The lowest BCUT2D eigenvalue weighted by atomic mass is 9.83. The van der Waals surface area contributed by atoms with Crippen LogP contribution in [0.15, 0.2) is 0 Å². The van der Waals surface area contributed by atoms with Gasteiger partial charge in [0.25, 0.3) is 5.91 Å². The van der Waals surface area contributed by atoms with Gasteiger partial charge < -0.3 is 114 Å². The molecule has 0 aromatic carbocycles. The van der Waals surface area contributed by atoms with Crippen molar-refractivity contribution >= 4 is 5.91 Å². The Kier molecular flexibility index (Phi) is 14.6. The Labute approximate surface area is 286 Å². The van der Waals surface area contributed by atoms with Crippen LogP contribution < -0.4 is 39.7 Å². The fraction of sp³-hybridized carbons (Fsp3) is 0.963. The molecule has 1 saturated carbocycles. The number of hydrogen-bond acceptors (Lipinski definition) is 22. The summed E-state index contributed by atoms with van der Waals surface area (Å²) < 4.78 is 34.8. The Balaban J connectivity index is 1.58. The van der Waals surface area contributed by atoms with Crippen LogP contribution >= 0.6 is 0 Å². The first kappa shape index (κ1) is 41.4. The highest BCUT2D eigenvalue weighted by Crippen LogP contribution is 2.34. The topological polar surface area (TPSA) is 423 Å². The summed E-state index contributed by atoms with van der Waals surface area (Å²) in [6.07, 6.45) is -25.9. The molecule has 23 heteroatoms. The van der Waals surface area contributed by atoms with Gasteiger partial charge in [0.2, 0.25) is 0 Å². The molecule has 21 atom stereocenters. The normalized spacial score (nSPS) is 48.3. The number of aliphatic hydroxyl groups is 9. The van der Waals surface area contributed by atoms with E-state index in [0.29, 0.717) is 0 Å². The highest BCUT2D eigenvalue weighted by molar-refractivity contribution is 5.81. The van der Waals surface area contributed by atoms with Gasteiger partial charge in [-0.15, -0.1) is 0 Å². The Bertz CT molecular complexity index is 1090. The van der Waals surface area contributed by atoms with Crippen LogP contribution in [0, 0.1) is 0 Å². The van der Waals surface area contributed by atoms with Crippen molar-refractivity contribution < 1.29 is 79.2 Å². The van der Waals surface area contributed by atoms with Crippen LogP contribution in [0.5, 0.6) is 0 Å². The lowest BCUT2D eigenvalue weighted by Crippen LogP contribution is -2.69. The third kappa shape index (κ3) is 8.54. The maximum absolute atomic E-state index is 12.7. The molecular formula is C27H53N7O16. The van der Waals surface area contributed by atoms with E-state index in [2.05, 4.69) is 5.32 Å². The molecule has 1 amide bonds. The number of hydrogen-bond donors (Lipinski definition) is 16. The van der Waals surface area contributed by atoms with Crippen LogP contribution in [-0.4, -0.2) is 207 Å². The van der Waals surface area contributed by atoms with Gasteiger partial charge >= 0.3 is 0 Å². The molecule has 3 aliphatic heterocycles. The van der Waals surface area contributed by atoms with E-state index in [-0.39, 0.29) is 19.5 Å². The molecule has 0 radical (unpaired) electrons. The lowest BCUT2D eigenvalue weighted by Gasteiger charge is -2.48. The molecular weight excluding hydrogens is 678 g/mol. The summed E-state index contributed by atoms with van der Waals surface area (Å²) >= 11 is 0. The van der Waals surface area contributed by atoms with Crippen LogP contribution in [0.4, 0.5) is 0 Å². The van der Waals surface area contributed by atoms with Gasteiger partial charge in [0.1, 0.15) is 79.4 Å². The van der Waals surface area contributed by atoms with Crippen molar-refractivity contribution in [1.29, 1.82) is 0 Å². The van der Waals surface area contributed by atoms with Gasteiger partial charge in [0.15, 0.2) is 25.0 Å². The summed E-state index contributed by atoms with van der Waals surface area (Å²) in [5.74, 6) is -1.10. The standard InChI is InChI=1S/C27H53N7O16/c28-2-8(36)15(38)24(44)34-7-1-6(31)21(48-25-12(32)18(41)16(39)9(3-29)45-25)23(14(7)37)50-27-20(43)22(11(5-35)47-27)49-26-13(33)19(42)17(40)10(4-30)46-26/h6-23,25-27,35-43H,1-5,28-33H2,(H,34,44)/t6-,7+,8+,9+,10-,11+,12+,13+,14-,15-,16+,17+,18-,19+,20+,21+,22+,23+,25+,26+,27-/m0/s1. The fourth-order valence-electron chi connectivity index (χ4n) is 6.42. The molecule has 0 spiro atoms. The van der Waals surface area contributed by atoms with E-state index in [4.69, 9.17) is 62.8 Å². The summed E-state index contributed by atoms with van der Waals surface area (Å²) in [6, 6.07) is -5.06. The predicted molar refractivity (Wildman–Crippen MR) is 163 cm³/mol. The third-order valence-electron chi connectivity index (χ3n) is 9.53. The second-order valence-electron chi connectivity index (χ2n) is 12.9. The molecule has 3 saturated heterocycles. The van der Waals surface area contributed by atoms with Gasteiger partial charge in [-0.3, -0.25) is 4.79 Å². The number of ether oxygens (including phenoxy) is 6. The SMILES string of the molecule is NC[C@@H](O)[C@H](O)C(=O)N[C@@H]1C[C@H](N)[C@@H](O[C@H]2O[C@H](CN)[C@@H](O)[C@@H](O)[C@H]2N)[C@H](O[C@@H]2O[C@H](CO)[C@@H](O[C@H]3O[C@@H](CN)[C@@H](O)[C@H](O)[C@H]3N)[C@H]2O)[C@H]1O. The second-order valence-corrected chi connectivity index (χ2v) is 12.9. The maximum Gasteiger partial charge on any atom is 0.251 e. The minimum atomic E-state index is -1.97. The van der Waals surface area contributed by atoms with Crippen molar-refractivity contribution in [3.63, 3.8) is 0 Å². The minimum Gasteiger partial charge on any atom is -0.394 e. The molecule has 0 aromatic rings. The van der Waals surface area contributed by atoms with E-state index < -0.39 is 148 Å². The van der Waals surface area contributed by atoms with Gasteiger partial charge in [-0.05, 0) is 6.42 Å². The molecule has 0 aromatic heterocycles. The Morgan fingerprint density at radius 2 is 1.16 bits per heavy atom. The number of aliphatic hydroxyl groups excluding tert-OH is 9. The second kappa shape index (κ2) is 17.6. The first-order valence-electron chi connectivity index (χ1n) is 16.2. The molecule has 23 nitrogen and oxygen atoms in total. The van der Waals surface area contributed by atoms with Crippen molar-refractivity contribution in [3.05, 3.63) is 0 Å². The minimum absolute atomic E-state index is 0.219. The van der Waals surface area contributed by atoms with E-state index in [0.717, 1.165) is 0 Å². The van der Waals surface area contributed by atoms with Crippen molar-refractivity contribution in [3.8, 4) is 0 Å². The summed E-state index contributed by atoms with van der Waals surface area (Å²) in [5.41, 5.74) is 35.2. The van der Waals surface area contributed by atoms with Crippen molar-refractivity contribution in [2.45, 2.75) is 135 Å². The molecule has 3 heterocycles. The third-order valence-corrected chi connectivity index (χ3v) is 9.53. The molecule has 22 N–H and O–H groups in total. The van der Waals surface area contributed by atoms with E-state index in [9.17, 15) is 50.8 Å². The quantitative estimate of drug-likeness (QED) is 0.0836. The van der Waals surface area contributed by atoms with Crippen molar-refractivity contribution in [2.24, 2.45) is 34.4 Å². The zero-order valence-electron chi connectivity index (χ0n) is 27.0. The molecule has 50 heavy (non-hydrogen) atoms. The van der Waals surface area contributed by atoms with Gasteiger partial charge in [-0.25, -0.2) is 0 Å². The number of nitrogens with two attached hydrogens (primary N) is 6. The molecule has 4 rings (SSSR count). The lowest BCUT2D eigenvalue weighted by molar-refractivity contribution is -0.307. The van der Waals surface area contributed by atoms with Gasteiger partial charge in [-0.1, -0.05) is 0 Å².